The van der Waals surface area contributed by atoms with Gasteiger partial charge >= 0.3 is 6.09 Å². The molecule has 0 radical (unpaired) electrons. The van der Waals surface area contributed by atoms with E-state index in [0.717, 1.165) is 11.3 Å². The van der Waals surface area contributed by atoms with Crippen LogP contribution < -0.4 is 5.32 Å². The molecule has 1 N–H and O–H groups in total. The fourth-order valence-corrected chi connectivity index (χ4v) is 2.95. The van der Waals surface area contributed by atoms with Crippen molar-refractivity contribution in [3.05, 3.63) is 35.9 Å². The van der Waals surface area contributed by atoms with E-state index in [9.17, 15) is 9.59 Å². The molecule has 1 aromatic rings. The summed E-state index contributed by atoms with van der Waals surface area (Å²) in [5, 5.41) is 7.03. The molecule has 3 rings (SSSR count). The molecule has 7 heteroatoms. The van der Waals surface area contributed by atoms with Gasteiger partial charge in [-0.25, -0.2) is 4.79 Å². The number of nitrogens with one attached hydrogen (secondary N) is 1. The third kappa shape index (κ3) is 3.67. The van der Waals surface area contributed by atoms with Crippen molar-refractivity contribution in [3.8, 4) is 0 Å². The maximum Gasteiger partial charge on any atom is 0.409 e. The van der Waals surface area contributed by atoms with Gasteiger partial charge in [0.2, 0.25) is 6.10 Å². The van der Waals surface area contributed by atoms with Gasteiger partial charge in [-0.05, 0) is 18.4 Å². The normalized spacial score (nSPS) is 21.0. The number of methoxy groups -OCH3 is 1. The molecule has 1 atom stereocenters. The number of amides is 2. The average Bonchev–Trinajstić information content (AvgIpc) is 3.13. The number of oxime groups is 1. The Morgan fingerprint density at radius 3 is 2.62 bits per heavy atom. The summed E-state index contributed by atoms with van der Waals surface area (Å²) < 4.78 is 4.71. The molecule has 0 saturated carbocycles. The van der Waals surface area contributed by atoms with Gasteiger partial charge in [0.25, 0.3) is 5.91 Å². The van der Waals surface area contributed by atoms with Crippen molar-refractivity contribution in [3.63, 3.8) is 0 Å². The zero-order valence-corrected chi connectivity index (χ0v) is 13.6. The van der Waals surface area contributed by atoms with E-state index in [1.165, 1.54) is 7.11 Å². The van der Waals surface area contributed by atoms with Crippen molar-refractivity contribution in [2.45, 2.75) is 31.4 Å². The van der Waals surface area contributed by atoms with Gasteiger partial charge in [-0.15, -0.1) is 0 Å². The molecule has 2 aliphatic rings. The highest BCUT2D eigenvalue weighted by atomic mass is 16.6. The van der Waals surface area contributed by atoms with Crippen LogP contribution in [0.25, 0.3) is 0 Å². The third-order valence-electron chi connectivity index (χ3n) is 4.34. The van der Waals surface area contributed by atoms with Crippen molar-refractivity contribution >= 4 is 17.7 Å². The molecule has 128 valence electrons. The molecule has 1 fully saturated rings. The van der Waals surface area contributed by atoms with Crippen molar-refractivity contribution in [2.24, 2.45) is 5.16 Å². The first kappa shape index (κ1) is 16.3. The van der Waals surface area contributed by atoms with Gasteiger partial charge in [0.05, 0.1) is 12.8 Å². The largest absolute Gasteiger partial charge is 0.453 e. The van der Waals surface area contributed by atoms with Gasteiger partial charge in [0.15, 0.2) is 0 Å². The van der Waals surface area contributed by atoms with E-state index in [0.29, 0.717) is 32.4 Å². The van der Waals surface area contributed by atoms with E-state index in [1.54, 1.807) is 4.90 Å². The highest BCUT2D eigenvalue weighted by Crippen LogP contribution is 2.18. The fraction of sp³-hybridized carbons (Fsp3) is 0.471. The van der Waals surface area contributed by atoms with Crippen molar-refractivity contribution in [1.29, 1.82) is 0 Å². The molecule has 1 saturated heterocycles. The van der Waals surface area contributed by atoms with Crippen molar-refractivity contribution in [1.82, 2.24) is 10.2 Å². The second-order valence-corrected chi connectivity index (χ2v) is 5.94. The Hall–Kier alpha value is -2.57. The van der Waals surface area contributed by atoms with Gasteiger partial charge in [-0.2, -0.15) is 0 Å². The number of likely N-dealkylation sites (tertiary alicyclic amines) is 1. The molecule has 0 unspecified atom stereocenters. The number of hydrogen-bond donors (Lipinski definition) is 1. The number of hydrogen-bond acceptors (Lipinski definition) is 5. The molecule has 2 heterocycles. The monoisotopic (exact) mass is 331 g/mol. The molecule has 24 heavy (non-hydrogen) atoms. The Labute approximate surface area is 140 Å². The maximum absolute atomic E-state index is 12.3. The summed E-state index contributed by atoms with van der Waals surface area (Å²) in [5.74, 6) is -0.152. The van der Waals surface area contributed by atoms with Crippen LogP contribution >= 0.6 is 0 Å². The first-order valence-corrected chi connectivity index (χ1v) is 8.08. The van der Waals surface area contributed by atoms with E-state index in [-0.39, 0.29) is 18.0 Å². The Kier molecular flexibility index (Phi) is 4.98. The van der Waals surface area contributed by atoms with Crippen LogP contribution in [-0.4, -0.2) is 55.0 Å². The van der Waals surface area contributed by atoms with Crippen LogP contribution in [0.5, 0.6) is 0 Å². The first-order chi connectivity index (χ1) is 11.7. The zero-order chi connectivity index (χ0) is 16.9. The van der Waals surface area contributed by atoms with Crippen LogP contribution in [0.1, 0.15) is 24.8 Å². The minimum absolute atomic E-state index is 0.0442. The maximum atomic E-state index is 12.3. The molecule has 2 amide bonds. The van der Waals surface area contributed by atoms with E-state index < -0.39 is 6.10 Å². The number of ether oxygens (including phenoxy) is 1. The molecule has 2 aliphatic heterocycles. The van der Waals surface area contributed by atoms with Crippen LogP contribution in [0.4, 0.5) is 4.79 Å². The predicted octanol–water partition coefficient (Wildman–Crippen LogP) is 1.53. The summed E-state index contributed by atoms with van der Waals surface area (Å²) in [5.41, 5.74) is 1.76. The summed E-state index contributed by atoms with van der Waals surface area (Å²) in [6.07, 6.45) is 0.982. The lowest BCUT2D eigenvalue weighted by atomic mass is 10.0. The second kappa shape index (κ2) is 7.33. The summed E-state index contributed by atoms with van der Waals surface area (Å²) in [7, 11) is 1.37. The number of rotatable bonds is 3. The molecule has 1 aromatic carbocycles. The smallest absolute Gasteiger partial charge is 0.409 e. The molecule has 0 aliphatic carbocycles. The Balaban J connectivity index is 1.47. The molecule has 0 bridgehead atoms. The first-order valence-electron chi connectivity index (χ1n) is 8.08. The SMILES string of the molecule is COC(=O)N1CCC(NC(=O)[C@H]2CC(c3ccccc3)=NO2)CC1. The summed E-state index contributed by atoms with van der Waals surface area (Å²) in [6, 6.07) is 9.74. The van der Waals surface area contributed by atoms with Gasteiger partial charge in [-0.3, -0.25) is 4.79 Å². The van der Waals surface area contributed by atoms with Crippen LogP contribution in [0.2, 0.25) is 0 Å². The minimum atomic E-state index is -0.584. The predicted molar refractivity (Wildman–Crippen MR) is 87.6 cm³/mol. The molecule has 0 spiro atoms. The van der Waals surface area contributed by atoms with E-state index in [1.807, 2.05) is 30.3 Å². The number of piperidine rings is 1. The van der Waals surface area contributed by atoms with E-state index in [4.69, 9.17) is 9.57 Å². The standard InChI is InChI=1S/C17H21N3O4/c1-23-17(22)20-9-7-13(8-10-20)18-16(21)15-11-14(19-24-15)12-5-3-2-4-6-12/h2-6,13,15H,7-11H2,1H3,(H,18,21)/t15-/m1/s1. The third-order valence-corrected chi connectivity index (χ3v) is 4.34. The molecular formula is C17H21N3O4. The van der Waals surface area contributed by atoms with Crippen LogP contribution in [-0.2, 0) is 14.4 Å². The van der Waals surface area contributed by atoms with Crippen LogP contribution in [0.3, 0.4) is 0 Å². The zero-order valence-electron chi connectivity index (χ0n) is 13.6. The number of benzene rings is 1. The van der Waals surface area contributed by atoms with Gasteiger partial charge in [0.1, 0.15) is 0 Å². The van der Waals surface area contributed by atoms with Gasteiger partial charge in [-0.1, -0.05) is 35.5 Å². The van der Waals surface area contributed by atoms with Gasteiger partial charge < -0.3 is 19.8 Å². The summed E-state index contributed by atoms with van der Waals surface area (Å²) in [6.45, 7) is 1.16. The summed E-state index contributed by atoms with van der Waals surface area (Å²) in [4.78, 5) is 30.7. The fourth-order valence-electron chi connectivity index (χ4n) is 2.95. The van der Waals surface area contributed by atoms with Crippen molar-refractivity contribution in [2.75, 3.05) is 20.2 Å². The quantitative estimate of drug-likeness (QED) is 0.911. The molecule has 0 aromatic heterocycles. The molecule has 7 nitrogen and oxygen atoms in total. The second-order valence-electron chi connectivity index (χ2n) is 5.94. The summed E-state index contributed by atoms with van der Waals surface area (Å²) >= 11 is 0. The minimum Gasteiger partial charge on any atom is -0.453 e. The lowest BCUT2D eigenvalue weighted by Crippen LogP contribution is -2.48. The van der Waals surface area contributed by atoms with Crippen LogP contribution in [0, 0.1) is 0 Å². The molecular weight excluding hydrogens is 310 g/mol. The number of carbonyl (C=O) groups excluding carboxylic acids is 2. The Bertz CT molecular complexity index is 624. The Morgan fingerprint density at radius 2 is 1.96 bits per heavy atom. The average molecular weight is 331 g/mol. The number of nitrogens with zero attached hydrogens (tertiary/aromatic N) is 2. The van der Waals surface area contributed by atoms with Crippen molar-refractivity contribution < 1.29 is 19.2 Å². The van der Waals surface area contributed by atoms with Gasteiger partial charge in [0, 0.05) is 25.6 Å². The van der Waals surface area contributed by atoms with E-state index >= 15 is 0 Å². The highest BCUT2D eigenvalue weighted by molar-refractivity contribution is 6.04. The lowest BCUT2D eigenvalue weighted by molar-refractivity contribution is -0.132. The topological polar surface area (TPSA) is 80.2 Å². The number of carbonyl (C=O) groups is 2. The Morgan fingerprint density at radius 1 is 1.25 bits per heavy atom. The van der Waals surface area contributed by atoms with Crippen LogP contribution in [0.15, 0.2) is 35.5 Å². The van der Waals surface area contributed by atoms with E-state index in [2.05, 4.69) is 10.5 Å². The lowest BCUT2D eigenvalue weighted by Gasteiger charge is -2.31. The highest BCUT2D eigenvalue weighted by Gasteiger charge is 2.31.